The average molecular weight is 435 g/mol. The number of alkyl halides is 3. The number of nitrogens with one attached hydrogen (secondary N) is 1. The second-order valence-corrected chi connectivity index (χ2v) is 8.91. The molecule has 3 fully saturated rings. The number of allylic oxidation sites excluding steroid dienone is 1. The van der Waals surface area contributed by atoms with Gasteiger partial charge in [-0.15, -0.1) is 0 Å². The molecule has 1 atom stereocenters. The molecule has 1 N–H and O–H groups in total. The lowest BCUT2D eigenvalue weighted by atomic mass is 9.80. The minimum absolute atomic E-state index is 0.0787. The zero-order valence-electron chi connectivity index (χ0n) is 17.4. The van der Waals surface area contributed by atoms with Crippen molar-refractivity contribution in [3.63, 3.8) is 0 Å². The van der Waals surface area contributed by atoms with Crippen LogP contribution in [0.3, 0.4) is 0 Å². The standard InChI is InChI=1S/C22H28F3N5O/c23-17-10-30(11-17)21-9-16(14-2-5-29(6-3-14)18-12-31-13-18)8-20(28-21)27-19-7-15(22(24)25)1-4-26-19/h1,4,7-8,14,16-18,22H,2-3,5-6,9-13H2,(H,26,27). The second kappa shape index (κ2) is 8.78. The minimum atomic E-state index is -2.55. The van der Waals surface area contributed by atoms with Crippen LogP contribution >= 0.6 is 0 Å². The van der Waals surface area contributed by atoms with Gasteiger partial charge in [0.25, 0.3) is 6.43 Å². The number of piperidine rings is 1. The van der Waals surface area contributed by atoms with Gasteiger partial charge in [-0.1, -0.05) is 0 Å². The van der Waals surface area contributed by atoms with Gasteiger partial charge in [-0.25, -0.2) is 23.1 Å². The molecule has 1 aromatic heterocycles. The van der Waals surface area contributed by atoms with E-state index < -0.39 is 12.6 Å². The summed E-state index contributed by atoms with van der Waals surface area (Å²) in [6.07, 6.45) is 3.12. The van der Waals surface area contributed by atoms with Gasteiger partial charge in [0.15, 0.2) is 0 Å². The molecule has 3 saturated heterocycles. The van der Waals surface area contributed by atoms with Crippen molar-refractivity contribution in [2.75, 3.05) is 44.7 Å². The summed E-state index contributed by atoms with van der Waals surface area (Å²) < 4.78 is 44.9. The van der Waals surface area contributed by atoms with Gasteiger partial charge in [0.2, 0.25) is 0 Å². The number of amidine groups is 1. The first kappa shape index (κ1) is 20.8. The molecule has 31 heavy (non-hydrogen) atoms. The van der Waals surface area contributed by atoms with Crippen LogP contribution in [0.15, 0.2) is 35.2 Å². The summed E-state index contributed by atoms with van der Waals surface area (Å²) in [5.74, 6) is 2.64. The summed E-state index contributed by atoms with van der Waals surface area (Å²) in [5.41, 5.74) is -0.0787. The van der Waals surface area contributed by atoms with Crippen LogP contribution in [-0.2, 0) is 4.74 Å². The van der Waals surface area contributed by atoms with Crippen molar-refractivity contribution in [1.29, 1.82) is 0 Å². The quantitative estimate of drug-likeness (QED) is 0.768. The molecule has 5 heterocycles. The highest BCUT2D eigenvalue weighted by Gasteiger charge is 2.36. The van der Waals surface area contributed by atoms with E-state index >= 15 is 0 Å². The van der Waals surface area contributed by atoms with E-state index in [4.69, 9.17) is 9.73 Å². The fraction of sp³-hybridized carbons (Fsp3) is 0.636. The van der Waals surface area contributed by atoms with E-state index in [0.29, 0.717) is 36.7 Å². The lowest BCUT2D eigenvalue weighted by molar-refractivity contribution is -0.0751. The Balaban J connectivity index is 1.30. The highest BCUT2D eigenvalue weighted by Crippen LogP contribution is 2.35. The van der Waals surface area contributed by atoms with Gasteiger partial charge in [-0.05, 0) is 56.0 Å². The molecule has 1 unspecified atom stereocenters. The first-order chi connectivity index (χ1) is 15.0. The SMILES string of the molecule is FC1CN(C2=NC(Nc3cc(C(F)F)ccn3)=CC(C3CCN(C4COC4)CC3)C2)C1. The lowest BCUT2D eigenvalue weighted by Gasteiger charge is -2.44. The Hall–Kier alpha value is -2.13. The van der Waals surface area contributed by atoms with Crippen molar-refractivity contribution in [3.8, 4) is 0 Å². The molecule has 5 rings (SSSR count). The first-order valence-electron chi connectivity index (χ1n) is 11.1. The lowest BCUT2D eigenvalue weighted by Crippen LogP contribution is -2.53. The maximum Gasteiger partial charge on any atom is 0.264 e. The van der Waals surface area contributed by atoms with Crippen LogP contribution in [0.4, 0.5) is 19.0 Å². The van der Waals surface area contributed by atoms with Crippen molar-refractivity contribution >= 4 is 11.7 Å². The van der Waals surface area contributed by atoms with Crippen LogP contribution in [0.1, 0.15) is 31.3 Å². The Bertz CT molecular complexity index is 845. The first-order valence-corrected chi connectivity index (χ1v) is 11.1. The van der Waals surface area contributed by atoms with Gasteiger partial charge in [-0.2, -0.15) is 0 Å². The predicted molar refractivity (Wildman–Crippen MR) is 112 cm³/mol. The van der Waals surface area contributed by atoms with Crippen molar-refractivity contribution in [2.24, 2.45) is 16.8 Å². The van der Waals surface area contributed by atoms with Crippen molar-refractivity contribution in [3.05, 3.63) is 35.8 Å². The van der Waals surface area contributed by atoms with E-state index in [1.54, 1.807) is 0 Å². The summed E-state index contributed by atoms with van der Waals surface area (Å²) in [7, 11) is 0. The molecule has 6 nitrogen and oxygen atoms in total. The maximum absolute atomic E-state index is 13.5. The van der Waals surface area contributed by atoms with Gasteiger partial charge in [0, 0.05) is 18.2 Å². The monoisotopic (exact) mass is 435 g/mol. The number of hydrogen-bond acceptors (Lipinski definition) is 6. The van der Waals surface area contributed by atoms with E-state index in [1.165, 1.54) is 18.3 Å². The third-order valence-corrected chi connectivity index (χ3v) is 6.85. The topological polar surface area (TPSA) is 53.0 Å². The molecule has 0 bridgehead atoms. The average Bonchev–Trinajstić information content (AvgIpc) is 2.71. The number of aliphatic imine (C=N–C) groups is 1. The molecule has 0 amide bonds. The van der Waals surface area contributed by atoms with Gasteiger partial charge in [0.1, 0.15) is 23.6 Å². The summed E-state index contributed by atoms with van der Waals surface area (Å²) in [4.78, 5) is 13.4. The number of pyridine rings is 1. The number of aromatic nitrogens is 1. The van der Waals surface area contributed by atoms with Crippen LogP contribution in [0, 0.1) is 11.8 Å². The molecule has 0 spiro atoms. The van der Waals surface area contributed by atoms with Crippen LogP contribution in [0.2, 0.25) is 0 Å². The Morgan fingerprint density at radius 1 is 1.16 bits per heavy atom. The fourth-order valence-electron chi connectivity index (χ4n) is 4.83. The van der Waals surface area contributed by atoms with Crippen LogP contribution in [-0.4, -0.2) is 72.2 Å². The van der Waals surface area contributed by atoms with Crippen molar-refractivity contribution < 1.29 is 17.9 Å². The molecule has 4 aliphatic heterocycles. The molecule has 1 aromatic rings. The molecule has 0 aromatic carbocycles. The number of rotatable bonds is 5. The van der Waals surface area contributed by atoms with Crippen LogP contribution < -0.4 is 5.32 Å². The third-order valence-electron chi connectivity index (χ3n) is 6.85. The number of nitrogens with zero attached hydrogens (tertiary/aromatic N) is 4. The van der Waals surface area contributed by atoms with E-state index in [-0.39, 0.29) is 11.5 Å². The zero-order chi connectivity index (χ0) is 21.4. The summed E-state index contributed by atoms with van der Waals surface area (Å²) in [5, 5.41) is 3.12. The van der Waals surface area contributed by atoms with Gasteiger partial charge in [-0.3, -0.25) is 4.90 Å². The highest BCUT2D eigenvalue weighted by atomic mass is 19.3. The smallest absolute Gasteiger partial charge is 0.264 e. The highest BCUT2D eigenvalue weighted by molar-refractivity contribution is 5.85. The Morgan fingerprint density at radius 3 is 2.58 bits per heavy atom. The number of ether oxygens (including phenoxy) is 1. The molecular weight excluding hydrogens is 407 g/mol. The summed E-state index contributed by atoms with van der Waals surface area (Å²) >= 11 is 0. The van der Waals surface area contributed by atoms with Gasteiger partial charge < -0.3 is 15.0 Å². The van der Waals surface area contributed by atoms with E-state index in [1.807, 2.05) is 4.90 Å². The van der Waals surface area contributed by atoms with Crippen molar-refractivity contribution in [1.82, 2.24) is 14.8 Å². The van der Waals surface area contributed by atoms with Gasteiger partial charge >= 0.3 is 0 Å². The van der Waals surface area contributed by atoms with E-state index in [9.17, 15) is 13.2 Å². The number of hydrogen-bond donors (Lipinski definition) is 1. The molecule has 0 saturated carbocycles. The maximum atomic E-state index is 13.5. The molecule has 4 aliphatic rings. The van der Waals surface area contributed by atoms with E-state index in [2.05, 4.69) is 21.3 Å². The van der Waals surface area contributed by atoms with Gasteiger partial charge in [0.05, 0.1) is 32.3 Å². The zero-order valence-corrected chi connectivity index (χ0v) is 17.4. The van der Waals surface area contributed by atoms with E-state index in [0.717, 1.165) is 51.4 Å². The number of halogens is 3. The number of likely N-dealkylation sites (tertiary alicyclic amines) is 2. The Kier molecular flexibility index (Phi) is 5.88. The fourth-order valence-corrected chi connectivity index (χ4v) is 4.83. The molecule has 0 radical (unpaired) electrons. The third kappa shape index (κ3) is 4.57. The Labute approximate surface area is 180 Å². The van der Waals surface area contributed by atoms with Crippen molar-refractivity contribution in [2.45, 2.75) is 37.9 Å². The van der Waals surface area contributed by atoms with Crippen LogP contribution in [0.5, 0.6) is 0 Å². The van der Waals surface area contributed by atoms with Crippen LogP contribution in [0.25, 0.3) is 0 Å². The summed E-state index contributed by atoms with van der Waals surface area (Å²) in [6.45, 7) is 4.54. The molecular formula is C22H28F3N5O. The normalized spacial score (nSPS) is 26.3. The Morgan fingerprint density at radius 2 is 1.94 bits per heavy atom. The minimum Gasteiger partial charge on any atom is -0.378 e. The molecule has 168 valence electrons. The molecule has 0 aliphatic carbocycles. The molecule has 9 heteroatoms. The number of anilines is 1. The largest absolute Gasteiger partial charge is 0.378 e. The summed E-state index contributed by atoms with van der Waals surface area (Å²) in [6, 6.07) is 3.23. The predicted octanol–water partition coefficient (Wildman–Crippen LogP) is 3.46. The second-order valence-electron chi connectivity index (χ2n) is 8.91.